The van der Waals surface area contributed by atoms with Crippen LogP contribution in [0.3, 0.4) is 0 Å². The molecule has 1 aromatic rings. The molecule has 23 heavy (non-hydrogen) atoms. The minimum absolute atomic E-state index is 0.0870. The third-order valence-electron chi connectivity index (χ3n) is 4.25. The van der Waals surface area contributed by atoms with E-state index < -0.39 is 0 Å². The number of thioether (sulfide) groups is 1. The first-order chi connectivity index (χ1) is 11.3. The van der Waals surface area contributed by atoms with Crippen molar-refractivity contribution in [1.29, 1.82) is 0 Å². The van der Waals surface area contributed by atoms with Crippen molar-refractivity contribution in [2.24, 2.45) is 0 Å². The van der Waals surface area contributed by atoms with Crippen molar-refractivity contribution >= 4 is 29.7 Å². The lowest BCUT2D eigenvalue weighted by Gasteiger charge is -2.32. The van der Waals surface area contributed by atoms with E-state index in [1.54, 1.807) is 29.4 Å². The molecule has 6 heteroatoms. The third kappa shape index (κ3) is 3.93. The summed E-state index contributed by atoms with van der Waals surface area (Å²) in [5, 5.41) is 0. The first-order valence-corrected chi connectivity index (χ1v) is 9.16. The molecule has 1 aromatic heterocycles. The maximum atomic E-state index is 12.7. The lowest BCUT2D eigenvalue weighted by molar-refractivity contribution is -0.141. The topological polar surface area (TPSA) is 53.5 Å². The normalized spacial score (nSPS) is 21.8. The van der Waals surface area contributed by atoms with Gasteiger partial charge in [-0.3, -0.25) is 14.6 Å². The summed E-state index contributed by atoms with van der Waals surface area (Å²) in [5.41, 5.74) is 0.885. The Balaban J connectivity index is 1.64. The van der Waals surface area contributed by atoms with Crippen molar-refractivity contribution in [3.63, 3.8) is 0 Å². The van der Waals surface area contributed by atoms with Crippen molar-refractivity contribution in [3.8, 4) is 0 Å². The van der Waals surface area contributed by atoms with Gasteiger partial charge in [-0.2, -0.15) is 11.8 Å². The monoisotopic (exact) mass is 331 g/mol. The summed E-state index contributed by atoms with van der Waals surface area (Å²) in [4.78, 5) is 32.8. The molecule has 1 unspecified atom stereocenters. The number of nitrogens with zero attached hydrogens (tertiary/aromatic N) is 3. The summed E-state index contributed by atoms with van der Waals surface area (Å²) in [6.07, 6.45) is 8.38. The standard InChI is InChI=1S/C17H21N3O2S/c21-16(6-5-14-3-1-7-18-13-14)20-8-2-4-15(20)17(22)19-9-11-23-12-10-19/h1,3,5-7,13,15H,2,4,8-12H2/b6-5+. The molecule has 2 fully saturated rings. The summed E-state index contributed by atoms with van der Waals surface area (Å²) in [7, 11) is 0. The molecule has 0 radical (unpaired) electrons. The SMILES string of the molecule is O=C(C1CCCN1C(=O)/C=C/c1cccnc1)N1CCSCC1. The van der Waals surface area contributed by atoms with E-state index in [0.29, 0.717) is 6.54 Å². The van der Waals surface area contributed by atoms with Gasteiger partial charge in [0.25, 0.3) is 0 Å². The second-order valence-corrected chi connectivity index (χ2v) is 6.97. The molecule has 0 aromatic carbocycles. The van der Waals surface area contributed by atoms with Crippen LogP contribution in [-0.2, 0) is 9.59 Å². The number of carbonyl (C=O) groups excluding carboxylic acids is 2. The zero-order valence-corrected chi connectivity index (χ0v) is 13.9. The first-order valence-electron chi connectivity index (χ1n) is 8.01. The minimum atomic E-state index is -0.288. The maximum Gasteiger partial charge on any atom is 0.247 e. The van der Waals surface area contributed by atoms with Crippen molar-refractivity contribution in [2.45, 2.75) is 18.9 Å². The van der Waals surface area contributed by atoms with Gasteiger partial charge in [-0.1, -0.05) is 6.07 Å². The fraction of sp³-hybridized carbons (Fsp3) is 0.471. The molecule has 1 atom stereocenters. The van der Waals surface area contributed by atoms with Gasteiger partial charge in [-0.25, -0.2) is 0 Å². The van der Waals surface area contributed by atoms with E-state index >= 15 is 0 Å². The Kier molecular flexibility index (Phi) is 5.33. The average Bonchev–Trinajstić information content (AvgIpc) is 3.10. The fourth-order valence-electron chi connectivity index (χ4n) is 3.02. The molecular weight excluding hydrogens is 310 g/mol. The Labute approximate surface area is 140 Å². The van der Waals surface area contributed by atoms with E-state index in [-0.39, 0.29) is 17.9 Å². The van der Waals surface area contributed by atoms with Gasteiger partial charge in [0.15, 0.2) is 0 Å². The van der Waals surface area contributed by atoms with Gasteiger partial charge in [0, 0.05) is 49.6 Å². The van der Waals surface area contributed by atoms with E-state index in [0.717, 1.165) is 43.0 Å². The minimum Gasteiger partial charge on any atom is -0.339 e. The zero-order valence-electron chi connectivity index (χ0n) is 13.1. The molecule has 3 rings (SSSR count). The van der Waals surface area contributed by atoms with E-state index in [4.69, 9.17) is 0 Å². The van der Waals surface area contributed by atoms with Crippen LogP contribution in [0.4, 0.5) is 0 Å². The molecule has 3 heterocycles. The Morgan fingerprint density at radius 2 is 2.09 bits per heavy atom. The van der Waals surface area contributed by atoms with Gasteiger partial charge >= 0.3 is 0 Å². The highest BCUT2D eigenvalue weighted by atomic mass is 32.2. The summed E-state index contributed by atoms with van der Waals surface area (Å²) in [6, 6.07) is 3.44. The van der Waals surface area contributed by atoms with Gasteiger partial charge in [0.2, 0.25) is 11.8 Å². The third-order valence-corrected chi connectivity index (χ3v) is 5.19. The van der Waals surface area contributed by atoms with Crippen molar-refractivity contribution in [2.75, 3.05) is 31.1 Å². The highest BCUT2D eigenvalue weighted by molar-refractivity contribution is 7.99. The Hall–Kier alpha value is -1.82. The van der Waals surface area contributed by atoms with Crippen LogP contribution in [0.1, 0.15) is 18.4 Å². The Bertz CT molecular complexity index is 585. The van der Waals surface area contributed by atoms with Gasteiger partial charge in [-0.15, -0.1) is 0 Å². The second kappa shape index (κ2) is 7.64. The van der Waals surface area contributed by atoms with E-state index in [1.165, 1.54) is 0 Å². The highest BCUT2D eigenvalue weighted by Gasteiger charge is 2.35. The van der Waals surface area contributed by atoms with E-state index in [2.05, 4.69) is 4.98 Å². The number of carbonyl (C=O) groups is 2. The summed E-state index contributed by atoms with van der Waals surface area (Å²) in [5.74, 6) is 2.02. The van der Waals surface area contributed by atoms with Crippen molar-refractivity contribution < 1.29 is 9.59 Å². The Morgan fingerprint density at radius 1 is 1.26 bits per heavy atom. The molecule has 0 spiro atoms. The van der Waals surface area contributed by atoms with Gasteiger partial charge in [0.05, 0.1) is 0 Å². The number of hydrogen-bond donors (Lipinski definition) is 0. The molecule has 5 nitrogen and oxygen atoms in total. The van der Waals surface area contributed by atoms with E-state index in [9.17, 15) is 9.59 Å². The number of amides is 2. The fourth-order valence-corrected chi connectivity index (χ4v) is 3.92. The maximum absolute atomic E-state index is 12.7. The number of pyridine rings is 1. The van der Waals surface area contributed by atoms with Gasteiger partial charge in [0.1, 0.15) is 6.04 Å². The lowest BCUT2D eigenvalue weighted by Crippen LogP contribution is -2.49. The molecule has 0 bridgehead atoms. The van der Waals surface area contributed by atoms with Crippen LogP contribution < -0.4 is 0 Å². The molecule has 2 aliphatic rings. The number of hydrogen-bond acceptors (Lipinski definition) is 4. The van der Waals surface area contributed by atoms with Crippen LogP contribution in [-0.4, -0.2) is 63.8 Å². The number of rotatable bonds is 3. The molecule has 2 amide bonds. The predicted molar refractivity (Wildman–Crippen MR) is 91.9 cm³/mol. The predicted octanol–water partition coefficient (Wildman–Crippen LogP) is 1.66. The largest absolute Gasteiger partial charge is 0.339 e. The average molecular weight is 331 g/mol. The molecule has 0 N–H and O–H groups in total. The summed E-state index contributed by atoms with van der Waals surface area (Å²) < 4.78 is 0. The lowest BCUT2D eigenvalue weighted by atomic mass is 10.2. The van der Waals surface area contributed by atoms with Crippen LogP contribution in [0, 0.1) is 0 Å². The second-order valence-electron chi connectivity index (χ2n) is 5.75. The highest BCUT2D eigenvalue weighted by Crippen LogP contribution is 2.22. The quantitative estimate of drug-likeness (QED) is 0.791. The first kappa shape index (κ1) is 16.1. The molecule has 2 aliphatic heterocycles. The van der Waals surface area contributed by atoms with Gasteiger partial charge in [-0.05, 0) is 30.5 Å². The van der Waals surface area contributed by atoms with Gasteiger partial charge < -0.3 is 9.80 Å². The molecular formula is C17H21N3O2S. The molecule has 0 saturated carbocycles. The molecule has 0 aliphatic carbocycles. The molecule has 2 saturated heterocycles. The zero-order chi connectivity index (χ0) is 16.1. The van der Waals surface area contributed by atoms with Crippen LogP contribution in [0.25, 0.3) is 6.08 Å². The smallest absolute Gasteiger partial charge is 0.247 e. The summed E-state index contributed by atoms with van der Waals surface area (Å²) in [6.45, 7) is 2.26. The van der Waals surface area contributed by atoms with Crippen molar-refractivity contribution in [1.82, 2.24) is 14.8 Å². The number of aromatic nitrogens is 1. The van der Waals surface area contributed by atoms with Crippen molar-refractivity contribution in [3.05, 3.63) is 36.2 Å². The van der Waals surface area contributed by atoms with Crippen LogP contribution in [0.2, 0.25) is 0 Å². The van der Waals surface area contributed by atoms with Crippen LogP contribution in [0.15, 0.2) is 30.6 Å². The Morgan fingerprint density at radius 3 is 2.83 bits per heavy atom. The van der Waals surface area contributed by atoms with Crippen LogP contribution in [0.5, 0.6) is 0 Å². The van der Waals surface area contributed by atoms with Crippen LogP contribution >= 0.6 is 11.8 Å². The molecule has 122 valence electrons. The van der Waals surface area contributed by atoms with E-state index in [1.807, 2.05) is 28.8 Å². The summed E-state index contributed by atoms with van der Waals surface area (Å²) >= 11 is 1.88. The number of likely N-dealkylation sites (tertiary alicyclic amines) is 1.